The van der Waals surface area contributed by atoms with E-state index in [-0.39, 0.29) is 0 Å². The molecule has 0 saturated heterocycles. The van der Waals surface area contributed by atoms with Gasteiger partial charge in [0.15, 0.2) is 5.82 Å². The molecule has 0 amide bonds. The Bertz CT molecular complexity index is 244. The van der Waals surface area contributed by atoms with E-state index in [0.717, 1.165) is 17.7 Å². The van der Waals surface area contributed by atoms with Crippen LogP contribution in [0.5, 0.6) is 0 Å². The number of rotatable bonds is 0. The minimum atomic E-state index is 0.467. The zero-order valence-corrected chi connectivity index (χ0v) is 5.46. The first-order valence-corrected chi connectivity index (χ1v) is 3.18. The molecule has 1 aliphatic heterocycles. The molecule has 1 aliphatic rings. The van der Waals surface area contributed by atoms with Gasteiger partial charge in [0, 0.05) is 6.42 Å². The minimum Gasteiger partial charge on any atom is -0.381 e. The van der Waals surface area contributed by atoms with Crippen LogP contribution in [0.15, 0.2) is 4.52 Å². The lowest BCUT2D eigenvalue weighted by Gasteiger charge is -2.08. The average Bonchev–Trinajstić information content (AvgIpc) is 2.34. The fourth-order valence-corrected chi connectivity index (χ4v) is 1.05. The van der Waals surface area contributed by atoms with E-state index in [9.17, 15) is 0 Å². The summed E-state index contributed by atoms with van der Waals surface area (Å²) in [6.45, 7) is 1.26. The first-order valence-electron chi connectivity index (χ1n) is 3.18. The molecule has 1 aromatic heterocycles. The van der Waals surface area contributed by atoms with Crippen molar-refractivity contribution in [3.8, 4) is 0 Å². The van der Waals surface area contributed by atoms with E-state index in [1.54, 1.807) is 0 Å². The molecular formula is C6H8N2O2. The van der Waals surface area contributed by atoms with Gasteiger partial charge in [0.25, 0.3) is 0 Å². The molecule has 2 N–H and O–H groups in total. The van der Waals surface area contributed by atoms with Crippen molar-refractivity contribution < 1.29 is 9.26 Å². The molecule has 1 aromatic rings. The van der Waals surface area contributed by atoms with Crippen molar-refractivity contribution in [2.24, 2.45) is 0 Å². The van der Waals surface area contributed by atoms with E-state index in [4.69, 9.17) is 15.0 Å². The Kier molecular flexibility index (Phi) is 1.14. The Balaban J connectivity index is 2.45. The van der Waals surface area contributed by atoms with Crippen molar-refractivity contribution in [2.45, 2.75) is 13.0 Å². The molecule has 4 nitrogen and oxygen atoms in total. The SMILES string of the molecule is Nc1noc2c1COCC2. The van der Waals surface area contributed by atoms with Crippen LogP contribution < -0.4 is 5.73 Å². The maximum atomic E-state index is 5.48. The predicted octanol–water partition coefficient (Wildman–Crippen LogP) is 0.329. The van der Waals surface area contributed by atoms with Gasteiger partial charge in [-0.3, -0.25) is 0 Å². The third-order valence-electron chi connectivity index (χ3n) is 1.62. The Morgan fingerprint density at radius 1 is 1.50 bits per heavy atom. The van der Waals surface area contributed by atoms with Crippen LogP contribution in [0, 0.1) is 0 Å². The zero-order chi connectivity index (χ0) is 6.97. The number of hydrogen-bond acceptors (Lipinski definition) is 4. The van der Waals surface area contributed by atoms with Crippen molar-refractivity contribution in [3.05, 3.63) is 11.3 Å². The lowest BCUT2D eigenvalue weighted by Crippen LogP contribution is -2.08. The summed E-state index contributed by atoms with van der Waals surface area (Å²) in [6, 6.07) is 0. The summed E-state index contributed by atoms with van der Waals surface area (Å²) in [5, 5.41) is 3.62. The van der Waals surface area contributed by atoms with Crippen molar-refractivity contribution in [2.75, 3.05) is 12.3 Å². The highest BCUT2D eigenvalue weighted by Crippen LogP contribution is 2.21. The Morgan fingerprint density at radius 3 is 3.20 bits per heavy atom. The van der Waals surface area contributed by atoms with Gasteiger partial charge in [0.05, 0.1) is 18.8 Å². The van der Waals surface area contributed by atoms with Crippen molar-refractivity contribution in [1.82, 2.24) is 5.16 Å². The maximum Gasteiger partial charge on any atom is 0.172 e. The summed E-state index contributed by atoms with van der Waals surface area (Å²) in [6.07, 6.45) is 0.791. The van der Waals surface area contributed by atoms with Gasteiger partial charge in [0.2, 0.25) is 0 Å². The number of fused-ring (bicyclic) bond motifs is 1. The molecule has 0 unspecified atom stereocenters. The van der Waals surface area contributed by atoms with Crippen LogP contribution in [-0.2, 0) is 17.8 Å². The Labute approximate surface area is 57.9 Å². The minimum absolute atomic E-state index is 0.467. The smallest absolute Gasteiger partial charge is 0.172 e. The van der Waals surface area contributed by atoms with E-state index in [1.807, 2.05) is 0 Å². The van der Waals surface area contributed by atoms with Crippen LogP contribution in [0.25, 0.3) is 0 Å². The molecule has 54 valence electrons. The molecule has 0 aromatic carbocycles. The molecule has 0 spiro atoms. The molecule has 0 saturated carbocycles. The quantitative estimate of drug-likeness (QED) is 0.564. The molecular weight excluding hydrogens is 132 g/mol. The van der Waals surface area contributed by atoms with Gasteiger partial charge in [-0.1, -0.05) is 5.16 Å². The topological polar surface area (TPSA) is 61.3 Å². The summed E-state index contributed by atoms with van der Waals surface area (Å²) in [5.41, 5.74) is 6.40. The molecule has 0 fully saturated rings. The van der Waals surface area contributed by atoms with E-state index in [0.29, 0.717) is 19.0 Å². The summed E-state index contributed by atoms with van der Waals surface area (Å²) in [4.78, 5) is 0. The highest BCUT2D eigenvalue weighted by atomic mass is 16.5. The molecule has 4 heteroatoms. The number of nitrogen functional groups attached to an aromatic ring is 1. The van der Waals surface area contributed by atoms with Crippen molar-refractivity contribution in [1.29, 1.82) is 0 Å². The number of hydrogen-bond donors (Lipinski definition) is 1. The second-order valence-electron chi connectivity index (χ2n) is 2.27. The van der Waals surface area contributed by atoms with E-state index in [1.165, 1.54) is 0 Å². The third kappa shape index (κ3) is 0.690. The predicted molar refractivity (Wildman–Crippen MR) is 34.3 cm³/mol. The van der Waals surface area contributed by atoms with Crippen LogP contribution in [0.4, 0.5) is 5.82 Å². The van der Waals surface area contributed by atoms with E-state index >= 15 is 0 Å². The van der Waals surface area contributed by atoms with Crippen LogP contribution in [-0.4, -0.2) is 11.8 Å². The standard InChI is InChI=1S/C6H8N2O2/c7-6-4-3-9-2-1-5(4)10-8-6/h1-3H2,(H2,7,8). The van der Waals surface area contributed by atoms with Crippen molar-refractivity contribution in [3.63, 3.8) is 0 Å². The lowest BCUT2D eigenvalue weighted by atomic mass is 10.2. The third-order valence-corrected chi connectivity index (χ3v) is 1.62. The normalized spacial score (nSPS) is 16.8. The van der Waals surface area contributed by atoms with Crippen LogP contribution in [0.1, 0.15) is 11.3 Å². The Hall–Kier alpha value is -1.03. The van der Waals surface area contributed by atoms with Gasteiger partial charge in [-0.2, -0.15) is 0 Å². The number of ether oxygens (including phenoxy) is 1. The summed E-state index contributed by atoms with van der Waals surface area (Å²) in [5.74, 6) is 1.35. The summed E-state index contributed by atoms with van der Waals surface area (Å²) >= 11 is 0. The molecule has 0 atom stereocenters. The van der Waals surface area contributed by atoms with Gasteiger partial charge >= 0.3 is 0 Å². The monoisotopic (exact) mass is 140 g/mol. The average molecular weight is 140 g/mol. The molecule has 2 heterocycles. The fraction of sp³-hybridized carbons (Fsp3) is 0.500. The number of nitrogens with two attached hydrogens (primary N) is 1. The Morgan fingerprint density at radius 2 is 2.40 bits per heavy atom. The van der Waals surface area contributed by atoms with Gasteiger partial charge in [-0.05, 0) is 0 Å². The van der Waals surface area contributed by atoms with Crippen LogP contribution >= 0.6 is 0 Å². The molecule has 2 rings (SSSR count). The van der Waals surface area contributed by atoms with Gasteiger partial charge in [-0.15, -0.1) is 0 Å². The van der Waals surface area contributed by atoms with Gasteiger partial charge < -0.3 is 15.0 Å². The molecule has 0 radical (unpaired) electrons. The molecule has 0 aliphatic carbocycles. The molecule has 0 bridgehead atoms. The largest absolute Gasteiger partial charge is 0.381 e. The lowest BCUT2D eigenvalue weighted by molar-refractivity contribution is 0.103. The second kappa shape index (κ2) is 1.98. The number of anilines is 1. The summed E-state index contributed by atoms with van der Waals surface area (Å²) in [7, 11) is 0. The van der Waals surface area contributed by atoms with Crippen LogP contribution in [0.3, 0.4) is 0 Å². The second-order valence-corrected chi connectivity index (χ2v) is 2.27. The van der Waals surface area contributed by atoms with E-state index < -0.39 is 0 Å². The highest BCUT2D eigenvalue weighted by Gasteiger charge is 2.17. The van der Waals surface area contributed by atoms with Gasteiger partial charge in [-0.25, -0.2) is 0 Å². The van der Waals surface area contributed by atoms with Gasteiger partial charge in [0.1, 0.15) is 5.76 Å². The van der Waals surface area contributed by atoms with Crippen molar-refractivity contribution >= 4 is 5.82 Å². The zero-order valence-electron chi connectivity index (χ0n) is 5.46. The number of aromatic nitrogens is 1. The fourth-order valence-electron chi connectivity index (χ4n) is 1.05. The first kappa shape index (κ1) is 5.73. The molecule has 10 heavy (non-hydrogen) atoms. The number of nitrogens with zero attached hydrogens (tertiary/aromatic N) is 1. The summed E-state index contributed by atoms with van der Waals surface area (Å²) < 4.78 is 10.1. The first-order chi connectivity index (χ1) is 4.88. The van der Waals surface area contributed by atoms with Crippen LogP contribution in [0.2, 0.25) is 0 Å². The maximum absolute atomic E-state index is 5.48. The highest BCUT2D eigenvalue weighted by molar-refractivity contribution is 5.40. The van der Waals surface area contributed by atoms with E-state index in [2.05, 4.69) is 5.16 Å².